The Labute approximate surface area is 127 Å². The first-order chi connectivity index (χ1) is 10.6. The number of phenols is 1. The van der Waals surface area contributed by atoms with E-state index in [1.54, 1.807) is 0 Å². The van der Waals surface area contributed by atoms with Gasteiger partial charge in [-0.05, 0) is 0 Å². The fraction of sp³-hybridized carbons (Fsp3) is 0.417. The summed E-state index contributed by atoms with van der Waals surface area (Å²) in [6.45, 7) is 0. The number of benzene rings is 1. The third-order valence-electron chi connectivity index (χ3n) is 2.95. The van der Waals surface area contributed by atoms with Gasteiger partial charge in [-0.1, -0.05) is 18.2 Å². The van der Waals surface area contributed by atoms with Crippen LogP contribution in [0, 0.1) is 0 Å². The van der Waals surface area contributed by atoms with Gasteiger partial charge in [-0.3, -0.25) is 4.79 Å². The average molecular weight is 370 g/mol. The highest BCUT2D eigenvalue weighted by Gasteiger charge is 2.59. The minimum atomic E-state index is -5.97. The number of alkyl halides is 9. The molecule has 0 heterocycles. The second-order valence-corrected chi connectivity index (χ2v) is 4.61. The van der Waals surface area contributed by atoms with E-state index >= 15 is 0 Å². The number of aromatic hydroxyl groups is 1. The van der Waals surface area contributed by atoms with E-state index < -0.39 is 53.2 Å². The highest BCUT2D eigenvalue weighted by molar-refractivity contribution is 5.78. The Bertz CT molecular complexity index is 602. The van der Waals surface area contributed by atoms with Crippen molar-refractivity contribution in [3.63, 3.8) is 0 Å². The zero-order valence-corrected chi connectivity index (χ0v) is 11.1. The second-order valence-electron chi connectivity index (χ2n) is 4.61. The van der Waals surface area contributed by atoms with Gasteiger partial charge in [0.15, 0.2) is 11.8 Å². The molecule has 3 nitrogen and oxygen atoms in total. The van der Waals surface area contributed by atoms with Crippen LogP contribution in [-0.4, -0.2) is 34.7 Å². The van der Waals surface area contributed by atoms with E-state index in [1.807, 2.05) is 0 Å². The SMILES string of the molecule is O=C(O)C(c1cccc(C(C(F)(F)F)C(F)(F)F)c1O)C(F)(F)F. The molecule has 24 heavy (non-hydrogen) atoms. The van der Waals surface area contributed by atoms with Gasteiger partial charge >= 0.3 is 24.5 Å². The molecule has 0 aliphatic rings. The quantitative estimate of drug-likeness (QED) is 0.779. The van der Waals surface area contributed by atoms with Gasteiger partial charge in [0.25, 0.3) is 0 Å². The van der Waals surface area contributed by atoms with Crippen molar-refractivity contribution >= 4 is 5.97 Å². The summed E-state index contributed by atoms with van der Waals surface area (Å²) in [5, 5.41) is 18.1. The largest absolute Gasteiger partial charge is 0.507 e. The maximum atomic E-state index is 12.7. The Kier molecular flexibility index (Phi) is 5.02. The standard InChI is InChI=1S/C12H7F9O3/c13-10(14,15)6(9(23)24)4-2-1-3-5(7(4)22)8(11(16,17)18)12(19,20)21/h1-3,6,8,22H,(H,23,24). The highest BCUT2D eigenvalue weighted by atomic mass is 19.4. The van der Waals surface area contributed by atoms with Crippen molar-refractivity contribution < 1.29 is 54.5 Å². The maximum Gasteiger partial charge on any atom is 0.406 e. The molecule has 0 fully saturated rings. The van der Waals surface area contributed by atoms with Gasteiger partial charge in [-0.25, -0.2) is 0 Å². The van der Waals surface area contributed by atoms with Crippen LogP contribution in [0.15, 0.2) is 18.2 Å². The van der Waals surface area contributed by atoms with Crippen molar-refractivity contribution in [2.45, 2.75) is 30.4 Å². The number of phenolic OH excluding ortho intramolecular Hbond substituents is 1. The van der Waals surface area contributed by atoms with Crippen LogP contribution in [-0.2, 0) is 4.79 Å². The van der Waals surface area contributed by atoms with Crippen molar-refractivity contribution in [2.75, 3.05) is 0 Å². The molecule has 1 rings (SSSR count). The monoisotopic (exact) mass is 370 g/mol. The lowest BCUT2D eigenvalue weighted by Gasteiger charge is -2.26. The Balaban J connectivity index is 3.64. The van der Waals surface area contributed by atoms with Crippen LogP contribution >= 0.6 is 0 Å². The summed E-state index contributed by atoms with van der Waals surface area (Å²) in [5.41, 5.74) is -3.53. The summed E-state index contributed by atoms with van der Waals surface area (Å²) in [6.07, 6.45) is -17.5. The lowest BCUT2D eigenvalue weighted by Crippen LogP contribution is -2.34. The Morgan fingerprint density at radius 2 is 1.25 bits per heavy atom. The summed E-state index contributed by atoms with van der Waals surface area (Å²) in [5.74, 6) is -12.4. The first-order valence-corrected chi connectivity index (χ1v) is 5.83. The number of para-hydroxylation sites is 1. The molecule has 0 aromatic heterocycles. The Morgan fingerprint density at radius 1 is 0.833 bits per heavy atom. The fourth-order valence-electron chi connectivity index (χ4n) is 2.03. The predicted octanol–water partition coefficient (Wildman–Crippen LogP) is 4.33. The lowest BCUT2D eigenvalue weighted by molar-refractivity contribution is -0.253. The molecule has 0 radical (unpaired) electrons. The number of carbonyl (C=O) groups is 1. The van der Waals surface area contributed by atoms with Crippen LogP contribution in [0.25, 0.3) is 0 Å². The van der Waals surface area contributed by atoms with Crippen LogP contribution in [0.5, 0.6) is 5.75 Å². The van der Waals surface area contributed by atoms with Crippen LogP contribution in [0.4, 0.5) is 39.5 Å². The average Bonchev–Trinajstić information content (AvgIpc) is 2.28. The second kappa shape index (κ2) is 6.06. The molecule has 2 N–H and O–H groups in total. The summed E-state index contributed by atoms with van der Waals surface area (Å²) < 4.78 is 114. The number of carboxylic acid groups (broad SMARTS) is 1. The van der Waals surface area contributed by atoms with E-state index in [0.717, 1.165) is 0 Å². The van der Waals surface area contributed by atoms with E-state index in [4.69, 9.17) is 5.11 Å². The van der Waals surface area contributed by atoms with Gasteiger partial charge in [-0.2, -0.15) is 39.5 Å². The summed E-state index contributed by atoms with van der Waals surface area (Å²) in [4.78, 5) is 10.7. The van der Waals surface area contributed by atoms with Crippen molar-refractivity contribution in [1.29, 1.82) is 0 Å². The van der Waals surface area contributed by atoms with Gasteiger partial charge in [-0.15, -0.1) is 0 Å². The smallest absolute Gasteiger partial charge is 0.406 e. The zero-order chi connectivity index (χ0) is 19.1. The molecule has 1 aromatic carbocycles. The molecule has 0 bridgehead atoms. The zero-order valence-electron chi connectivity index (χ0n) is 11.1. The number of hydrogen-bond acceptors (Lipinski definition) is 2. The molecule has 136 valence electrons. The van der Waals surface area contributed by atoms with E-state index in [-0.39, 0.29) is 12.1 Å². The number of carboxylic acids is 1. The minimum absolute atomic E-state index is 0.125. The summed E-state index contributed by atoms with van der Waals surface area (Å²) in [7, 11) is 0. The van der Waals surface area contributed by atoms with Crippen molar-refractivity contribution in [3.8, 4) is 5.75 Å². The normalized spacial score (nSPS) is 14.8. The van der Waals surface area contributed by atoms with Crippen LogP contribution in [0.2, 0.25) is 0 Å². The van der Waals surface area contributed by atoms with E-state index in [0.29, 0.717) is 6.07 Å². The predicted molar refractivity (Wildman–Crippen MR) is 59.4 cm³/mol. The topological polar surface area (TPSA) is 57.5 Å². The van der Waals surface area contributed by atoms with Gasteiger partial charge in [0.2, 0.25) is 0 Å². The van der Waals surface area contributed by atoms with Crippen molar-refractivity contribution in [3.05, 3.63) is 29.3 Å². The molecule has 0 aliphatic carbocycles. The van der Waals surface area contributed by atoms with Gasteiger partial charge in [0.1, 0.15) is 5.75 Å². The molecule has 12 heteroatoms. The molecular weight excluding hydrogens is 363 g/mol. The number of aliphatic carboxylic acids is 1. The Morgan fingerprint density at radius 3 is 1.58 bits per heavy atom. The molecule has 1 atom stereocenters. The lowest BCUT2D eigenvalue weighted by atomic mass is 9.89. The fourth-order valence-corrected chi connectivity index (χ4v) is 2.03. The van der Waals surface area contributed by atoms with Crippen LogP contribution in [0.1, 0.15) is 23.0 Å². The summed E-state index contributed by atoms with van der Waals surface area (Å²) >= 11 is 0. The van der Waals surface area contributed by atoms with Gasteiger partial charge in [0, 0.05) is 11.1 Å². The molecule has 0 aliphatic heterocycles. The van der Waals surface area contributed by atoms with E-state index in [2.05, 4.69) is 0 Å². The molecule has 0 amide bonds. The van der Waals surface area contributed by atoms with Crippen LogP contribution < -0.4 is 0 Å². The third-order valence-corrected chi connectivity index (χ3v) is 2.95. The molecular formula is C12H7F9O3. The highest BCUT2D eigenvalue weighted by Crippen LogP contribution is 2.51. The molecule has 1 aromatic rings. The van der Waals surface area contributed by atoms with E-state index in [1.165, 1.54) is 0 Å². The number of hydrogen-bond donors (Lipinski definition) is 2. The third kappa shape index (κ3) is 4.03. The molecule has 0 saturated carbocycles. The minimum Gasteiger partial charge on any atom is -0.507 e. The maximum absolute atomic E-state index is 12.7. The van der Waals surface area contributed by atoms with Crippen LogP contribution in [0.3, 0.4) is 0 Å². The summed E-state index contributed by atoms with van der Waals surface area (Å²) in [6, 6.07) is 0.783. The molecule has 1 unspecified atom stereocenters. The number of rotatable bonds is 3. The molecule has 0 saturated heterocycles. The van der Waals surface area contributed by atoms with Crippen molar-refractivity contribution in [1.82, 2.24) is 0 Å². The number of halogens is 9. The van der Waals surface area contributed by atoms with Gasteiger partial charge in [0.05, 0.1) is 0 Å². The van der Waals surface area contributed by atoms with E-state index in [9.17, 15) is 49.4 Å². The first-order valence-electron chi connectivity index (χ1n) is 5.83. The molecule has 0 spiro atoms. The van der Waals surface area contributed by atoms with Gasteiger partial charge < -0.3 is 10.2 Å². The Hall–Kier alpha value is -2.14. The van der Waals surface area contributed by atoms with Crippen molar-refractivity contribution in [2.24, 2.45) is 0 Å². The first kappa shape index (κ1) is 19.9.